The van der Waals surface area contributed by atoms with Gasteiger partial charge < -0.3 is 20.2 Å². The minimum absolute atomic E-state index is 0.0494. The molecule has 166 valence electrons. The van der Waals surface area contributed by atoms with Crippen LogP contribution in [0, 0.1) is 0 Å². The molecule has 0 aromatic heterocycles. The second-order valence-electron chi connectivity index (χ2n) is 6.77. The van der Waals surface area contributed by atoms with Gasteiger partial charge in [-0.1, -0.05) is 29.8 Å². The summed E-state index contributed by atoms with van der Waals surface area (Å²) in [7, 11) is 0. The molecular weight excluding hydrogens is 438 g/mol. The first kappa shape index (κ1) is 24.6. The number of phenols is 1. The number of hydrogen-bond donors (Lipinski definition) is 3. The summed E-state index contributed by atoms with van der Waals surface area (Å²) < 4.78 is 5.90. The first-order valence-corrected chi connectivity index (χ1v) is 11.2. The average Bonchev–Trinajstić information content (AvgIpc) is 2.72. The number of allylic oxidation sites excluding steroid dienone is 1. The number of aromatic hydroxyl groups is 1. The zero-order valence-corrected chi connectivity index (χ0v) is 18.7. The Hall–Kier alpha value is -2.64. The van der Waals surface area contributed by atoms with Gasteiger partial charge in [0, 0.05) is 22.4 Å². The van der Waals surface area contributed by atoms with Crippen LogP contribution in [-0.2, 0) is 24.1 Å². The maximum atomic E-state index is 10.8. The van der Waals surface area contributed by atoms with Crippen LogP contribution in [0.3, 0.4) is 0 Å². The third kappa shape index (κ3) is 7.84. The van der Waals surface area contributed by atoms with Gasteiger partial charge >= 0.3 is 5.97 Å². The van der Waals surface area contributed by atoms with Crippen LogP contribution in [0.2, 0.25) is 5.02 Å². The molecule has 31 heavy (non-hydrogen) atoms. The number of aliphatic carboxylic acids is 1. The molecule has 3 N–H and O–H groups in total. The van der Waals surface area contributed by atoms with Crippen molar-refractivity contribution < 1.29 is 25.0 Å². The Morgan fingerprint density at radius 3 is 2.77 bits per heavy atom. The Labute approximate surface area is 191 Å². The Kier molecular flexibility index (Phi) is 10.3. The quantitative estimate of drug-likeness (QED) is 0.0923. The van der Waals surface area contributed by atoms with Crippen LogP contribution in [0.4, 0.5) is 0 Å². The van der Waals surface area contributed by atoms with E-state index in [4.69, 9.17) is 26.7 Å². The molecule has 0 aliphatic rings. The van der Waals surface area contributed by atoms with Gasteiger partial charge in [0.25, 0.3) is 0 Å². The summed E-state index contributed by atoms with van der Waals surface area (Å²) in [5.74, 6) is 0.700. The molecule has 0 atom stereocenters. The molecule has 8 heteroatoms. The van der Waals surface area contributed by atoms with E-state index in [9.17, 15) is 9.90 Å². The zero-order valence-electron chi connectivity index (χ0n) is 17.1. The molecule has 0 heterocycles. The Balaban J connectivity index is 1.89. The third-order valence-corrected chi connectivity index (χ3v) is 6.04. The van der Waals surface area contributed by atoms with E-state index < -0.39 is 5.97 Å². The predicted molar refractivity (Wildman–Crippen MR) is 124 cm³/mol. The molecule has 0 aliphatic carbocycles. The number of carboxylic acids is 1. The van der Waals surface area contributed by atoms with Gasteiger partial charge in [-0.25, -0.2) is 0 Å². The van der Waals surface area contributed by atoms with Crippen molar-refractivity contribution in [3.05, 3.63) is 64.7 Å². The lowest BCUT2D eigenvalue weighted by Gasteiger charge is -2.15. The van der Waals surface area contributed by atoms with Crippen LogP contribution in [0.25, 0.3) is 0 Å². The highest BCUT2D eigenvalue weighted by atomic mass is 35.5. The fraction of sp³-hybridized carbons (Fsp3) is 0.304. The maximum absolute atomic E-state index is 10.8. The summed E-state index contributed by atoms with van der Waals surface area (Å²) in [5, 5.41) is 31.5. The van der Waals surface area contributed by atoms with Gasteiger partial charge in [0.2, 0.25) is 0 Å². The first-order chi connectivity index (χ1) is 15.0. The fourth-order valence-electron chi connectivity index (χ4n) is 2.99. The second-order valence-corrected chi connectivity index (χ2v) is 8.31. The van der Waals surface area contributed by atoms with E-state index in [-0.39, 0.29) is 12.2 Å². The summed E-state index contributed by atoms with van der Waals surface area (Å²) in [6.07, 6.45) is 5.38. The minimum atomic E-state index is -0.887. The van der Waals surface area contributed by atoms with E-state index in [2.05, 4.69) is 11.7 Å². The van der Waals surface area contributed by atoms with Crippen LogP contribution in [0.5, 0.6) is 11.5 Å². The van der Waals surface area contributed by atoms with Crippen molar-refractivity contribution in [1.29, 1.82) is 0 Å². The first-order valence-electron chi connectivity index (χ1n) is 9.82. The molecule has 0 aliphatic heterocycles. The number of hydrogen-bond acceptors (Lipinski definition) is 6. The smallest absolute Gasteiger partial charge is 0.307 e. The zero-order chi connectivity index (χ0) is 22.6. The molecule has 6 nitrogen and oxygen atoms in total. The number of oxime groups is 1. The van der Waals surface area contributed by atoms with Gasteiger partial charge in [0.1, 0.15) is 11.5 Å². The standard InChI is InChI=1S/C23H26ClNO5S/c1-2-5-18-20(9-8-17(23(18)28)6-3-11-25-29)30-12-4-13-31-21-10-7-16(14-19(21)24)15-22(26)27/h2,7-11,14,28-29H,1,3-6,12-13,15H2,(H,26,27). The van der Waals surface area contributed by atoms with Crippen LogP contribution >= 0.6 is 23.4 Å². The van der Waals surface area contributed by atoms with Crippen LogP contribution in [0.1, 0.15) is 29.5 Å². The number of phenolic OH excluding ortho intramolecular Hbond substituents is 1. The second kappa shape index (κ2) is 12.9. The van der Waals surface area contributed by atoms with E-state index in [1.165, 1.54) is 6.21 Å². The lowest BCUT2D eigenvalue weighted by molar-refractivity contribution is -0.136. The Morgan fingerprint density at radius 2 is 2.10 bits per heavy atom. The number of ether oxygens (including phenoxy) is 1. The molecule has 0 saturated carbocycles. The van der Waals surface area contributed by atoms with Crippen molar-refractivity contribution in [3.8, 4) is 11.5 Å². The number of aryl methyl sites for hydroxylation is 1. The predicted octanol–water partition coefficient (Wildman–Crippen LogP) is 5.36. The lowest BCUT2D eigenvalue weighted by Crippen LogP contribution is -2.03. The number of benzene rings is 2. The van der Waals surface area contributed by atoms with Gasteiger partial charge in [-0.2, -0.15) is 0 Å². The van der Waals surface area contributed by atoms with Gasteiger partial charge in [-0.05, 0) is 55.0 Å². The van der Waals surface area contributed by atoms with Crippen molar-refractivity contribution in [2.75, 3.05) is 12.4 Å². The van der Waals surface area contributed by atoms with E-state index in [1.54, 1.807) is 30.0 Å². The largest absolute Gasteiger partial charge is 0.507 e. The van der Waals surface area contributed by atoms with E-state index in [0.29, 0.717) is 47.8 Å². The summed E-state index contributed by atoms with van der Waals surface area (Å²) in [6.45, 7) is 4.22. The van der Waals surface area contributed by atoms with Crippen molar-refractivity contribution >= 4 is 35.5 Å². The topological polar surface area (TPSA) is 99.4 Å². The third-order valence-electron chi connectivity index (χ3n) is 4.45. The van der Waals surface area contributed by atoms with Gasteiger partial charge in [-0.15, -0.1) is 23.5 Å². The molecule has 0 fully saturated rings. The molecule has 0 unspecified atom stereocenters. The Bertz CT molecular complexity index is 932. The minimum Gasteiger partial charge on any atom is -0.507 e. The molecule has 0 spiro atoms. The summed E-state index contributed by atoms with van der Waals surface area (Å²) in [4.78, 5) is 11.7. The molecule has 0 amide bonds. The average molecular weight is 464 g/mol. The molecule has 0 saturated heterocycles. The van der Waals surface area contributed by atoms with Crippen molar-refractivity contribution in [3.63, 3.8) is 0 Å². The summed E-state index contributed by atoms with van der Waals surface area (Å²) in [5.41, 5.74) is 2.13. The monoisotopic (exact) mass is 463 g/mol. The van der Waals surface area contributed by atoms with Crippen LogP contribution < -0.4 is 4.74 Å². The normalized spacial score (nSPS) is 11.0. The number of nitrogens with zero attached hydrogens (tertiary/aromatic N) is 1. The van der Waals surface area contributed by atoms with E-state index in [0.717, 1.165) is 22.6 Å². The highest BCUT2D eigenvalue weighted by molar-refractivity contribution is 7.99. The number of rotatable bonds is 13. The van der Waals surface area contributed by atoms with Crippen LogP contribution in [0.15, 0.2) is 53.0 Å². The lowest BCUT2D eigenvalue weighted by atomic mass is 10.0. The fourth-order valence-corrected chi connectivity index (χ4v) is 4.20. The number of carbonyl (C=O) groups is 1. The summed E-state index contributed by atoms with van der Waals surface area (Å²) >= 11 is 7.83. The van der Waals surface area contributed by atoms with E-state index >= 15 is 0 Å². The maximum Gasteiger partial charge on any atom is 0.307 e. The van der Waals surface area contributed by atoms with Gasteiger partial charge in [0.15, 0.2) is 0 Å². The SMILES string of the molecule is C=CCc1c(OCCCSc2ccc(CC(=O)O)cc2Cl)ccc(CCC=NO)c1O. The Morgan fingerprint density at radius 1 is 1.29 bits per heavy atom. The highest BCUT2D eigenvalue weighted by Gasteiger charge is 2.13. The molecule has 0 bridgehead atoms. The van der Waals surface area contributed by atoms with Gasteiger partial charge in [0.05, 0.1) is 18.1 Å². The van der Waals surface area contributed by atoms with Crippen molar-refractivity contribution in [2.45, 2.75) is 37.0 Å². The number of halogens is 1. The molecule has 2 aromatic carbocycles. The molecule has 2 rings (SSSR count). The van der Waals surface area contributed by atoms with E-state index in [1.807, 2.05) is 18.2 Å². The number of carboxylic acid groups (broad SMARTS) is 1. The van der Waals surface area contributed by atoms with Gasteiger partial charge in [-0.3, -0.25) is 4.79 Å². The molecular formula is C23H26ClNO5S. The molecule has 0 radical (unpaired) electrons. The van der Waals surface area contributed by atoms with Crippen molar-refractivity contribution in [2.24, 2.45) is 5.16 Å². The summed E-state index contributed by atoms with van der Waals surface area (Å²) in [6, 6.07) is 8.96. The molecule has 2 aromatic rings. The highest BCUT2D eigenvalue weighted by Crippen LogP contribution is 2.33. The van der Waals surface area contributed by atoms with Crippen LogP contribution in [-0.4, -0.2) is 40.0 Å². The number of thioether (sulfide) groups is 1. The van der Waals surface area contributed by atoms with Crippen molar-refractivity contribution in [1.82, 2.24) is 0 Å².